The average molecular weight is 405 g/mol. The van der Waals surface area contributed by atoms with Crippen molar-refractivity contribution in [1.82, 2.24) is 24.7 Å². The van der Waals surface area contributed by atoms with E-state index in [-0.39, 0.29) is 35.9 Å². The highest BCUT2D eigenvalue weighted by molar-refractivity contribution is 5.92. The number of piperazine rings is 1. The molecule has 2 rings (SSSR count). The molecule has 160 valence electrons. The third kappa shape index (κ3) is 6.69. The lowest BCUT2D eigenvalue weighted by atomic mass is 10.2. The van der Waals surface area contributed by atoms with Gasteiger partial charge in [0.15, 0.2) is 0 Å². The van der Waals surface area contributed by atoms with Gasteiger partial charge in [-0.25, -0.2) is 9.78 Å². The fourth-order valence-corrected chi connectivity index (χ4v) is 3.12. The maximum Gasteiger partial charge on any atom is 0.409 e. The number of ether oxygens (including phenoxy) is 1. The van der Waals surface area contributed by atoms with Crippen molar-refractivity contribution in [3.63, 3.8) is 0 Å². The van der Waals surface area contributed by atoms with Crippen molar-refractivity contribution < 1.29 is 19.1 Å². The highest BCUT2D eigenvalue weighted by Gasteiger charge is 2.26. The summed E-state index contributed by atoms with van der Waals surface area (Å²) in [5.74, 6) is 0.0248. The van der Waals surface area contributed by atoms with Crippen molar-refractivity contribution in [2.24, 2.45) is 5.92 Å². The Hall–Kier alpha value is -2.71. The predicted octanol–water partition coefficient (Wildman–Crippen LogP) is 1.57. The molecule has 0 aliphatic carbocycles. The van der Waals surface area contributed by atoms with E-state index in [4.69, 9.17) is 4.74 Å². The lowest BCUT2D eigenvalue weighted by molar-refractivity contribution is -0.133. The van der Waals surface area contributed by atoms with Crippen LogP contribution in [0.5, 0.6) is 0 Å². The van der Waals surface area contributed by atoms with Gasteiger partial charge in [0, 0.05) is 51.9 Å². The lowest BCUT2D eigenvalue weighted by Gasteiger charge is -2.34. The summed E-state index contributed by atoms with van der Waals surface area (Å²) in [7, 11) is 0. The summed E-state index contributed by atoms with van der Waals surface area (Å²) < 4.78 is 5.00. The molecule has 9 heteroatoms. The number of hydrogen-bond acceptors (Lipinski definition) is 6. The molecule has 3 amide bonds. The number of rotatable bonds is 7. The molecule has 1 saturated heterocycles. The van der Waals surface area contributed by atoms with Crippen LogP contribution in [0.4, 0.5) is 4.79 Å². The third-order valence-electron chi connectivity index (χ3n) is 4.63. The minimum absolute atomic E-state index is 0.0231. The summed E-state index contributed by atoms with van der Waals surface area (Å²) in [4.78, 5) is 50.5. The Balaban J connectivity index is 1.90. The largest absolute Gasteiger partial charge is 0.450 e. The summed E-state index contributed by atoms with van der Waals surface area (Å²) in [6, 6.07) is 0. The average Bonchev–Trinajstić information content (AvgIpc) is 2.71. The molecule has 0 bridgehead atoms. The molecule has 0 aromatic carbocycles. The topological polar surface area (TPSA) is 95.9 Å². The zero-order valence-corrected chi connectivity index (χ0v) is 17.8. The number of nitrogens with zero attached hydrogens (tertiary/aromatic N) is 5. The van der Waals surface area contributed by atoms with Crippen LogP contribution in [0.2, 0.25) is 0 Å². The molecule has 1 aliphatic heterocycles. The first-order valence-corrected chi connectivity index (χ1v) is 10.1. The van der Waals surface area contributed by atoms with Crippen molar-refractivity contribution >= 4 is 17.9 Å². The first-order chi connectivity index (χ1) is 13.8. The highest BCUT2D eigenvalue weighted by atomic mass is 16.6. The maximum atomic E-state index is 12.8. The fourth-order valence-electron chi connectivity index (χ4n) is 3.12. The molecule has 29 heavy (non-hydrogen) atoms. The second kappa shape index (κ2) is 10.7. The van der Waals surface area contributed by atoms with E-state index in [1.807, 2.05) is 20.8 Å². The summed E-state index contributed by atoms with van der Waals surface area (Å²) in [6.07, 6.45) is 2.93. The molecule has 1 fully saturated rings. The van der Waals surface area contributed by atoms with Gasteiger partial charge in [-0.2, -0.15) is 0 Å². The van der Waals surface area contributed by atoms with E-state index in [1.165, 1.54) is 6.20 Å². The van der Waals surface area contributed by atoms with E-state index in [1.54, 1.807) is 27.8 Å². The molecule has 0 atom stereocenters. The summed E-state index contributed by atoms with van der Waals surface area (Å²) in [5, 5.41) is 0. The van der Waals surface area contributed by atoms with Gasteiger partial charge in [0.25, 0.3) is 5.91 Å². The lowest BCUT2D eigenvalue weighted by Crippen LogP contribution is -2.51. The number of amides is 3. The molecule has 1 aromatic heterocycles. The second-order valence-electron chi connectivity index (χ2n) is 7.50. The van der Waals surface area contributed by atoms with Crippen LogP contribution >= 0.6 is 0 Å². The zero-order chi connectivity index (χ0) is 21.4. The number of carbonyl (C=O) groups is 3. The summed E-state index contributed by atoms with van der Waals surface area (Å²) in [6.45, 7) is 10.7. The molecular weight excluding hydrogens is 374 g/mol. The molecule has 9 nitrogen and oxygen atoms in total. The molecular formula is C20H31N5O4. The van der Waals surface area contributed by atoms with Crippen LogP contribution in [0, 0.1) is 12.8 Å². The number of aromatic nitrogens is 2. The molecule has 0 N–H and O–H groups in total. The van der Waals surface area contributed by atoms with Crippen LogP contribution in [0.25, 0.3) is 0 Å². The standard InChI is InChI=1S/C20H31N5O4/c1-5-29-20(28)24-10-8-23(9-11-24)18(26)6-7-25(14-15(2)3)19(27)17-13-21-16(4)12-22-17/h12-13,15H,5-11,14H2,1-4H3. The molecule has 2 heterocycles. The van der Waals surface area contributed by atoms with Crippen LogP contribution in [0.3, 0.4) is 0 Å². The summed E-state index contributed by atoms with van der Waals surface area (Å²) >= 11 is 0. The van der Waals surface area contributed by atoms with E-state index < -0.39 is 0 Å². The van der Waals surface area contributed by atoms with Gasteiger partial charge in [-0.15, -0.1) is 0 Å². The Morgan fingerprint density at radius 1 is 1.10 bits per heavy atom. The van der Waals surface area contributed by atoms with E-state index in [0.29, 0.717) is 45.9 Å². The SMILES string of the molecule is CCOC(=O)N1CCN(C(=O)CCN(CC(C)C)C(=O)c2cnc(C)cn2)CC1. The highest BCUT2D eigenvalue weighted by Crippen LogP contribution is 2.10. The Morgan fingerprint density at radius 2 is 1.76 bits per heavy atom. The van der Waals surface area contributed by atoms with Crippen molar-refractivity contribution in [1.29, 1.82) is 0 Å². The maximum absolute atomic E-state index is 12.8. The van der Waals surface area contributed by atoms with Gasteiger partial charge >= 0.3 is 6.09 Å². The Bertz CT molecular complexity index is 699. The zero-order valence-electron chi connectivity index (χ0n) is 17.8. The second-order valence-corrected chi connectivity index (χ2v) is 7.50. The molecule has 1 aromatic rings. The summed E-state index contributed by atoms with van der Waals surface area (Å²) in [5.41, 5.74) is 1.03. The van der Waals surface area contributed by atoms with E-state index >= 15 is 0 Å². The van der Waals surface area contributed by atoms with Gasteiger partial charge in [-0.3, -0.25) is 14.6 Å². The van der Waals surface area contributed by atoms with Gasteiger partial charge in [0.05, 0.1) is 18.5 Å². The van der Waals surface area contributed by atoms with Crippen LogP contribution in [-0.4, -0.2) is 88.5 Å². The van der Waals surface area contributed by atoms with E-state index in [2.05, 4.69) is 9.97 Å². The van der Waals surface area contributed by atoms with E-state index in [0.717, 1.165) is 5.69 Å². The number of carbonyl (C=O) groups excluding carboxylic acids is 3. The number of aryl methyl sites for hydroxylation is 1. The van der Waals surface area contributed by atoms with Crippen molar-refractivity contribution in [3.05, 3.63) is 23.8 Å². The monoisotopic (exact) mass is 405 g/mol. The Morgan fingerprint density at radius 3 is 2.31 bits per heavy atom. The predicted molar refractivity (Wildman–Crippen MR) is 107 cm³/mol. The Kier molecular flexibility index (Phi) is 8.35. The van der Waals surface area contributed by atoms with Crippen molar-refractivity contribution in [3.8, 4) is 0 Å². The van der Waals surface area contributed by atoms with Gasteiger partial charge in [0.2, 0.25) is 5.91 Å². The van der Waals surface area contributed by atoms with Gasteiger partial charge in [-0.1, -0.05) is 13.8 Å². The molecule has 1 aliphatic rings. The van der Waals surface area contributed by atoms with Crippen molar-refractivity contribution in [2.45, 2.75) is 34.1 Å². The first kappa shape index (κ1) is 22.6. The van der Waals surface area contributed by atoms with Crippen molar-refractivity contribution in [2.75, 3.05) is 45.9 Å². The van der Waals surface area contributed by atoms with Crippen LogP contribution in [0.1, 0.15) is 43.4 Å². The van der Waals surface area contributed by atoms with E-state index in [9.17, 15) is 14.4 Å². The molecule has 0 radical (unpaired) electrons. The van der Waals surface area contributed by atoms with Crippen LogP contribution in [-0.2, 0) is 9.53 Å². The minimum Gasteiger partial charge on any atom is -0.450 e. The first-order valence-electron chi connectivity index (χ1n) is 10.1. The third-order valence-corrected chi connectivity index (χ3v) is 4.63. The smallest absolute Gasteiger partial charge is 0.409 e. The van der Waals surface area contributed by atoms with Gasteiger partial charge in [-0.05, 0) is 19.8 Å². The van der Waals surface area contributed by atoms with Gasteiger partial charge < -0.3 is 19.4 Å². The minimum atomic E-state index is -0.340. The Labute approximate surface area is 172 Å². The molecule has 0 unspecified atom stereocenters. The van der Waals surface area contributed by atoms with Crippen LogP contribution < -0.4 is 0 Å². The quantitative estimate of drug-likeness (QED) is 0.683. The fraction of sp³-hybridized carbons (Fsp3) is 0.650. The normalized spacial score (nSPS) is 14.1. The number of hydrogen-bond donors (Lipinski definition) is 0. The van der Waals surface area contributed by atoms with Crippen LogP contribution in [0.15, 0.2) is 12.4 Å². The molecule has 0 saturated carbocycles. The van der Waals surface area contributed by atoms with Gasteiger partial charge in [0.1, 0.15) is 5.69 Å². The molecule has 0 spiro atoms.